The third kappa shape index (κ3) is 7.77. The van der Waals surface area contributed by atoms with Crippen molar-refractivity contribution < 1.29 is 17.6 Å². The Hall–Kier alpha value is -1.55. The highest BCUT2D eigenvalue weighted by atomic mass is 35.5. The van der Waals surface area contributed by atoms with Crippen molar-refractivity contribution in [2.24, 2.45) is 17.8 Å². The van der Waals surface area contributed by atoms with E-state index in [1.807, 2.05) is 0 Å². The second kappa shape index (κ2) is 14.2. The molecule has 210 valence electrons. The average Bonchev–Trinajstić information content (AvgIpc) is 2.91. The monoisotopic (exact) mass is 550 g/mol. The van der Waals surface area contributed by atoms with Crippen molar-refractivity contribution in [1.29, 1.82) is 0 Å². The molecule has 2 aliphatic carbocycles. The molecule has 0 heterocycles. The Morgan fingerprint density at radius 1 is 0.605 bits per heavy atom. The van der Waals surface area contributed by atoms with Crippen molar-refractivity contribution in [3.05, 3.63) is 58.1 Å². The van der Waals surface area contributed by atoms with Crippen LogP contribution in [-0.4, -0.2) is 0 Å². The number of hydrogen-bond acceptors (Lipinski definition) is 0. The predicted molar refractivity (Wildman–Crippen MR) is 149 cm³/mol. The van der Waals surface area contributed by atoms with Gasteiger partial charge in [-0.2, -0.15) is 0 Å². The van der Waals surface area contributed by atoms with E-state index in [4.69, 9.17) is 11.6 Å². The molecule has 0 aromatic heterocycles. The lowest BCUT2D eigenvalue weighted by Gasteiger charge is -2.32. The van der Waals surface area contributed by atoms with Gasteiger partial charge in [0.2, 0.25) is 0 Å². The Balaban J connectivity index is 1.22. The van der Waals surface area contributed by atoms with Gasteiger partial charge in [-0.05, 0) is 84.7 Å². The lowest BCUT2D eigenvalue weighted by molar-refractivity contribution is 0.222. The first-order valence-corrected chi connectivity index (χ1v) is 15.4. The third-order valence-electron chi connectivity index (χ3n) is 9.32. The van der Waals surface area contributed by atoms with Crippen LogP contribution < -0.4 is 0 Å². The largest absolute Gasteiger partial charge is 0.206 e. The van der Waals surface area contributed by atoms with E-state index in [1.54, 1.807) is 0 Å². The summed E-state index contributed by atoms with van der Waals surface area (Å²) in [5.41, 5.74) is 0.0453. The van der Waals surface area contributed by atoms with E-state index in [-0.39, 0.29) is 11.5 Å². The van der Waals surface area contributed by atoms with E-state index in [2.05, 4.69) is 6.92 Å². The number of unbranched alkanes of at least 4 members (excludes halogenated alkanes) is 4. The highest BCUT2D eigenvalue weighted by Crippen LogP contribution is 2.42. The molecule has 0 radical (unpaired) electrons. The molecule has 0 saturated heterocycles. The zero-order valence-electron chi connectivity index (χ0n) is 22.8. The second-order valence-electron chi connectivity index (χ2n) is 12.0. The van der Waals surface area contributed by atoms with Gasteiger partial charge >= 0.3 is 0 Å². The van der Waals surface area contributed by atoms with Gasteiger partial charge < -0.3 is 0 Å². The highest BCUT2D eigenvalue weighted by Gasteiger charge is 2.27. The first kappa shape index (κ1) is 29.4. The van der Waals surface area contributed by atoms with Crippen molar-refractivity contribution in [3.8, 4) is 11.1 Å². The SMILES string of the molecule is CCCCCCC[C@H]1CC[C@H](CCC2CCC(c3cc(F)c(-c4cc(F)c(Cl)c(F)c4)c(F)c3)CC2)CC1. The maximum atomic E-state index is 14.9. The molecule has 38 heavy (non-hydrogen) atoms. The zero-order valence-corrected chi connectivity index (χ0v) is 23.6. The van der Waals surface area contributed by atoms with Crippen molar-refractivity contribution in [2.45, 2.75) is 116 Å². The Bertz CT molecular complexity index is 989. The summed E-state index contributed by atoms with van der Waals surface area (Å²) in [7, 11) is 0. The van der Waals surface area contributed by atoms with E-state index in [9.17, 15) is 17.6 Å². The van der Waals surface area contributed by atoms with E-state index in [0.717, 1.165) is 49.7 Å². The third-order valence-corrected chi connectivity index (χ3v) is 9.68. The van der Waals surface area contributed by atoms with Crippen LogP contribution in [0.4, 0.5) is 17.6 Å². The van der Waals surface area contributed by atoms with Gasteiger partial charge in [-0.3, -0.25) is 0 Å². The van der Waals surface area contributed by atoms with Crippen LogP contribution in [0.2, 0.25) is 5.02 Å². The molecule has 0 N–H and O–H groups in total. The topological polar surface area (TPSA) is 0 Å². The van der Waals surface area contributed by atoms with Crippen LogP contribution in [0, 0.1) is 41.0 Å². The van der Waals surface area contributed by atoms with Gasteiger partial charge in [0.05, 0.1) is 5.56 Å². The van der Waals surface area contributed by atoms with E-state index < -0.39 is 33.9 Å². The van der Waals surface area contributed by atoms with E-state index in [1.165, 1.54) is 89.2 Å². The molecule has 2 aliphatic rings. The minimum Gasteiger partial charge on any atom is -0.206 e. The molecule has 2 aromatic carbocycles. The standard InChI is InChI=1S/C33H43ClF4/c1-2-3-4-5-6-7-22-8-10-23(11-9-22)12-13-24-14-16-25(17-15-24)26-18-28(35)32(29(36)19-26)27-20-30(37)33(34)31(38)21-27/h18-25H,2-17H2,1H3/t22-,23-,24?,25?. The molecular formula is C33H43ClF4. The molecule has 0 nitrogen and oxygen atoms in total. The molecule has 0 amide bonds. The molecule has 4 rings (SSSR count). The summed E-state index contributed by atoms with van der Waals surface area (Å²) < 4.78 is 57.6. The van der Waals surface area contributed by atoms with Crippen LogP contribution in [0.15, 0.2) is 24.3 Å². The minimum atomic E-state index is -1.03. The van der Waals surface area contributed by atoms with Crippen molar-refractivity contribution >= 4 is 11.6 Å². The number of halogens is 5. The summed E-state index contributed by atoms with van der Waals surface area (Å²) in [6.45, 7) is 2.27. The van der Waals surface area contributed by atoms with Gasteiger partial charge in [-0.15, -0.1) is 0 Å². The van der Waals surface area contributed by atoms with Crippen LogP contribution in [-0.2, 0) is 0 Å². The van der Waals surface area contributed by atoms with Gasteiger partial charge in [0.15, 0.2) is 0 Å². The Morgan fingerprint density at radius 2 is 1.08 bits per heavy atom. The summed E-state index contributed by atoms with van der Waals surface area (Å²) in [5, 5.41) is -0.677. The lowest BCUT2D eigenvalue weighted by Crippen LogP contribution is -2.18. The van der Waals surface area contributed by atoms with Crippen molar-refractivity contribution in [2.75, 3.05) is 0 Å². The van der Waals surface area contributed by atoms with Crippen LogP contribution in [0.3, 0.4) is 0 Å². The van der Waals surface area contributed by atoms with Gasteiger partial charge in [0, 0.05) is 0 Å². The van der Waals surface area contributed by atoms with E-state index >= 15 is 0 Å². The van der Waals surface area contributed by atoms with Crippen LogP contribution in [0.25, 0.3) is 11.1 Å². The normalized spacial score (nSPS) is 24.1. The lowest BCUT2D eigenvalue weighted by atomic mass is 9.74. The molecule has 0 aliphatic heterocycles. The number of rotatable bonds is 11. The minimum absolute atomic E-state index is 0.121. The Kier molecular flexibility index (Phi) is 11.0. The quantitative estimate of drug-likeness (QED) is 0.148. The highest BCUT2D eigenvalue weighted by molar-refractivity contribution is 6.31. The maximum Gasteiger partial charge on any atom is 0.145 e. The fourth-order valence-electron chi connectivity index (χ4n) is 6.91. The molecule has 0 bridgehead atoms. The fourth-order valence-corrected chi connectivity index (χ4v) is 7.01. The summed E-state index contributed by atoms with van der Waals surface area (Å²) in [6.07, 6.45) is 20.6. The Labute approximate surface area is 231 Å². The molecule has 2 aromatic rings. The molecular weight excluding hydrogens is 508 g/mol. The molecule has 5 heteroatoms. The smallest absolute Gasteiger partial charge is 0.145 e. The van der Waals surface area contributed by atoms with Gasteiger partial charge in [-0.25, -0.2) is 17.6 Å². The van der Waals surface area contributed by atoms with Crippen LogP contribution in [0.1, 0.15) is 121 Å². The second-order valence-corrected chi connectivity index (χ2v) is 12.4. The molecule has 2 fully saturated rings. The molecule has 0 unspecified atom stereocenters. The maximum absolute atomic E-state index is 14.9. The van der Waals surface area contributed by atoms with Gasteiger partial charge in [0.25, 0.3) is 0 Å². The zero-order chi connectivity index (χ0) is 27.1. The average molecular weight is 551 g/mol. The number of hydrogen-bond donors (Lipinski definition) is 0. The first-order chi connectivity index (χ1) is 18.4. The summed E-state index contributed by atoms with van der Waals surface area (Å²) in [5.74, 6) is -0.995. The van der Waals surface area contributed by atoms with Crippen molar-refractivity contribution in [1.82, 2.24) is 0 Å². The summed E-state index contributed by atoms with van der Waals surface area (Å²) in [6, 6.07) is 4.43. The molecule has 2 saturated carbocycles. The Morgan fingerprint density at radius 3 is 1.61 bits per heavy atom. The molecule has 0 spiro atoms. The fraction of sp³-hybridized carbons (Fsp3) is 0.636. The van der Waals surface area contributed by atoms with Gasteiger partial charge in [-0.1, -0.05) is 95.6 Å². The molecule has 0 atom stereocenters. The van der Waals surface area contributed by atoms with Crippen LogP contribution in [0.5, 0.6) is 0 Å². The summed E-state index contributed by atoms with van der Waals surface area (Å²) >= 11 is 5.52. The first-order valence-electron chi connectivity index (χ1n) is 15.0. The number of benzene rings is 2. The van der Waals surface area contributed by atoms with Crippen LogP contribution >= 0.6 is 11.6 Å². The van der Waals surface area contributed by atoms with Gasteiger partial charge in [0.1, 0.15) is 28.3 Å². The van der Waals surface area contributed by atoms with Crippen molar-refractivity contribution in [3.63, 3.8) is 0 Å². The predicted octanol–water partition coefficient (Wildman–Crippen LogP) is 11.8. The summed E-state index contributed by atoms with van der Waals surface area (Å²) in [4.78, 5) is 0. The van der Waals surface area contributed by atoms with E-state index in [0.29, 0.717) is 11.5 Å².